The number of aryl methyl sites for hydroxylation is 2. The number of furan rings is 1. The number of fused-ring (bicyclic) bond motifs is 1. The zero-order valence-corrected chi connectivity index (χ0v) is 14.7. The van der Waals surface area contributed by atoms with E-state index >= 15 is 0 Å². The second-order valence-electron chi connectivity index (χ2n) is 6.55. The maximum absolute atomic E-state index is 12.5. The van der Waals surface area contributed by atoms with Crippen molar-refractivity contribution in [2.24, 2.45) is 7.05 Å². The van der Waals surface area contributed by atoms with Crippen molar-refractivity contribution in [1.29, 1.82) is 0 Å². The van der Waals surface area contributed by atoms with Gasteiger partial charge in [-0.3, -0.25) is 14.4 Å². The van der Waals surface area contributed by atoms with E-state index in [0.717, 1.165) is 36.5 Å². The number of H-pyrrole nitrogens is 1. The molecule has 0 aromatic carbocycles. The number of nitrogens with zero attached hydrogens (tertiary/aromatic N) is 4. The Labute approximate surface area is 145 Å². The molecule has 0 radical (unpaired) electrons. The van der Waals surface area contributed by atoms with Crippen molar-refractivity contribution in [3.63, 3.8) is 0 Å². The summed E-state index contributed by atoms with van der Waals surface area (Å²) < 4.78 is 7.25. The third kappa shape index (κ3) is 2.80. The van der Waals surface area contributed by atoms with Gasteiger partial charge in [0.1, 0.15) is 0 Å². The van der Waals surface area contributed by atoms with E-state index in [-0.39, 0.29) is 5.56 Å². The van der Waals surface area contributed by atoms with E-state index in [1.54, 1.807) is 18.4 Å². The molecular weight excluding hydrogens is 318 g/mol. The number of rotatable bonds is 3. The molecule has 4 rings (SSSR count). The van der Waals surface area contributed by atoms with Crippen molar-refractivity contribution in [2.75, 3.05) is 6.54 Å². The van der Waals surface area contributed by atoms with Crippen LogP contribution in [0.25, 0.3) is 11.6 Å². The van der Waals surface area contributed by atoms with Gasteiger partial charge in [-0.1, -0.05) is 0 Å². The monoisotopic (exact) mass is 339 g/mol. The van der Waals surface area contributed by atoms with Crippen LogP contribution >= 0.6 is 0 Å². The highest BCUT2D eigenvalue weighted by molar-refractivity contribution is 5.47. The summed E-state index contributed by atoms with van der Waals surface area (Å²) in [5, 5.41) is 4.48. The largest absolute Gasteiger partial charge is 0.461 e. The topological polar surface area (TPSA) is 80.0 Å². The SMILES string of the molecule is Cc1nn(C)c(C)c1CN1CCc2nc(-c3ccco3)[nH]c(=O)c2C1. The highest BCUT2D eigenvalue weighted by Gasteiger charge is 2.23. The van der Waals surface area contributed by atoms with Crippen LogP contribution in [0.15, 0.2) is 27.6 Å². The van der Waals surface area contributed by atoms with E-state index in [2.05, 4.69) is 26.9 Å². The van der Waals surface area contributed by atoms with E-state index in [4.69, 9.17) is 4.42 Å². The Hall–Kier alpha value is -2.67. The molecule has 0 unspecified atom stereocenters. The van der Waals surface area contributed by atoms with Crippen LogP contribution in [0.3, 0.4) is 0 Å². The number of hydrogen-bond donors (Lipinski definition) is 1. The molecule has 0 saturated carbocycles. The Morgan fingerprint density at radius 2 is 2.20 bits per heavy atom. The van der Waals surface area contributed by atoms with Gasteiger partial charge in [-0.15, -0.1) is 0 Å². The lowest BCUT2D eigenvalue weighted by molar-refractivity contribution is 0.241. The zero-order chi connectivity index (χ0) is 17.6. The lowest BCUT2D eigenvalue weighted by Crippen LogP contribution is -2.35. The molecule has 0 spiro atoms. The third-order valence-electron chi connectivity index (χ3n) is 4.94. The lowest BCUT2D eigenvalue weighted by atomic mass is 10.1. The van der Waals surface area contributed by atoms with Crippen molar-refractivity contribution in [1.82, 2.24) is 24.6 Å². The number of aromatic nitrogens is 4. The summed E-state index contributed by atoms with van der Waals surface area (Å²) in [5.74, 6) is 1.09. The fraction of sp³-hybridized carbons (Fsp3) is 0.389. The van der Waals surface area contributed by atoms with Crippen LogP contribution in [0, 0.1) is 13.8 Å². The Morgan fingerprint density at radius 1 is 1.36 bits per heavy atom. The van der Waals surface area contributed by atoms with Crippen molar-refractivity contribution in [3.05, 3.63) is 57.0 Å². The van der Waals surface area contributed by atoms with Crippen molar-refractivity contribution >= 4 is 0 Å². The molecule has 3 aromatic heterocycles. The Morgan fingerprint density at radius 3 is 2.88 bits per heavy atom. The summed E-state index contributed by atoms with van der Waals surface area (Å²) in [4.78, 5) is 22.3. The first-order chi connectivity index (χ1) is 12.0. The Bertz CT molecular complexity index is 968. The number of hydrogen-bond acceptors (Lipinski definition) is 5. The molecule has 0 amide bonds. The minimum Gasteiger partial charge on any atom is -0.461 e. The second kappa shape index (κ2) is 6.00. The molecule has 3 aromatic rings. The van der Waals surface area contributed by atoms with Crippen LogP contribution in [-0.4, -0.2) is 31.2 Å². The standard InChI is InChI=1S/C18H21N5O2/c1-11-13(12(2)22(3)21-11)9-23-7-6-15-14(10-23)18(24)20-17(19-15)16-5-4-8-25-16/h4-5,8H,6-7,9-10H2,1-3H3,(H,19,20,24). The molecule has 1 aliphatic heterocycles. The van der Waals surface area contributed by atoms with E-state index in [0.29, 0.717) is 18.1 Å². The summed E-state index contributed by atoms with van der Waals surface area (Å²) in [6, 6.07) is 3.59. The van der Waals surface area contributed by atoms with Crippen LogP contribution in [0.1, 0.15) is 28.2 Å². The maximum Gasteiger partial charge on any atom is 0.256 e. The molecule has 25 heavy (non-hydrogen) atoms. The first-order valence-corrected chi connectivity index (χ1v) is 8.40. The predicted octanol–water partition coefficient (Wildman–Crippen LogP) is 1.94. The van der Waals surface area contributed by atoms with E-state index < -0.39 is 0 Å². The van der Waals surface area contributed by atoms with E-state index in [1.165, 1.54) is 11.3 Å². The molecule has 0 aliphatic carbocycles. The van der Waals surface area contributed by atoms with Crippen molar-refractivity contribution in [2.45, 2.75) is 33.4 Å². The van der Waals surface area contributed by atoms with Crippen LogP contribution in [0.4, 0.5) is 0 Å². The number of nitrogens with one attached hydrogen (secondary N) is 1. The average Bonchev–Trinajstić information content (AvgIpc) is 3.20. The first kappa shape index (κ1) is 15.8. The molecule has 1 aliphatic rings. The molecule has 0 bridgehead atoms. The van der Waals surface area contributed by atoms with Gasteiger partial charge in [-0.2, -0.15) is 5.10 Å². The molecule has 130 valence electrons. The quantitative estimate of drug-likeness (QED) is 0.789. The average molecular weight is 339 g/mol. The summed E-state index contributed by atoms with van der Waals surface area (Å²) in [5.41, 5.74) is 4.99. The highest BCUT2D eigenvalue weighted by atomic mass is 16.3. The van der Waals surface area contributed by atoms with Gasteiger partial charge in [0.25, 0.3) is 5.56 Å². The van der Waals surface area contributed by atoms with Crippen LogP contribution in [-0.2, 0) is 26.6 Å². The molecule has 0 fully saturated rings. The van der Waals surface area contributed by atoms with Gasteiger partial charge in [0.15, 0.2) is 11.6 Å². The number of aromatic amines is 1. The molecule has 7 heteroatoms. The minimum atomic E-state index is -0.0827. The van der Waals surface area contributed by atoms with Crippen molar-refractivity contribution < 1.29 is 4.42 Å². The van der Waals surface area contributed by atoms with Gasteiger partial charge < -0.3 is 9.40 Å². The second-order valence-corrected chi connectivity index (χ2v) is 6.55. The highest BCUT2D eigenvalue weighted by Crippen LogP contribution is 2.22. The van der Waals surface area contributed by atoms with Crippen molar-refractivity contribution in [3.8, 4) is 11.6 Å². The first-order valence-electron chi connectivity index (χ1n) is 8.40. The summed E-state index contributed by atoms with van der Waals surface area (Å²) in [6.07, 6.45) is 2.33. The third-order valence-corrected chi connectivity index (χ3v) is 4.94. The Balaban J connectivity index is 1.60. The fourth-order valence-corrected chi connectivity index (χ4v) is 3.42. The van der Waals surface area contributed by atoms with Crippen LogP contribution < -0.4 is 5.56 Å². The smallest absolute Gasteiger partial charge is 0.256 e. The van der Waals surface area contributed by atoms with Gasteiger partial charge >= 0.3 is 0 Å². The summed E-state index contributed by atoms with van der Waals surface area (Å²) in [6.45, 7) is 6.38. The molecule has 7 nitrogen and oxygen atoms in total. The van der Waals surface area contributed by atoms with Gasteiger partial charge in [0, 0.05) is 44.4 Å². The van der Waals surface area contributed by atoms with Gasteiger partial charge in [0.05, 0.1) is 23.2 Å². The molecule has 0 saturated heterocycles. The summed E-state index contributed by atoms with van der Waals surface area (Å²) in [7, 11) is 1.96. The molecule has 0 atom stereocenters. The molecule has 4 heterocycles. The summed E-state index contributed by atoms with van der Waals surface area (Å²) >= 11 is 0. The van der Waals surface area contributed by atoms with E-state index in [1.807, 2.05) is 18.7 Å². The van der Waals surface area contributed by atoms with Gasteiger partial charge in [0.2, 0.25) is 0 Å². The lowest BCUT2D eigenvalue weighted by Gasteiger charge is -2.27. The predicted molar refractivity (Wildman–Crippen MR) is 93.1 cm³/mol. The fourth-order valence-electron chi connectivity index (χ4n) is 3.42. The minimum absolute atomic E-state index is 0.0827. The maximum atomic E-state index is 12.5. The Kier molecular flexibility index (Phi) is 3.80. The normalized spacial score (nSPS) is 14.7. The van der Waals surface area contributed by atoms with Gasteiger partial charge in [-0.25, -0.2) is 4.98 Å². The zero-order valence-electron chi connectivity index (χ0n) is 14.7. The molecular formula is C18H21N5O2. The molecule has 1 N–H and O–H groups in total. The van der Waals surface area contributed by atoms with E-state index in [9.17, 15) is 4.79 Å². The van der Waals surface area contributed by atoms with Gasteiger partial charge in [-0.05, 0) is 26.0 Å². The van der Waals surface area contributed by atoms with Crippen LogP contribution in [0.2, 0.25) is 0 Å². The van der Waals surface area contributed by atoms with Crippen LogP contribution in [0.5, 0.6) is 0 Å².